The van der Waals surface area contributed by atoms with Crippen molar-refractivity contribution in [2.45, 2.75) is 26.8 Å². The second-order valence-corrected chi connectivity index (χ2v) is 8.26. The van der Waals surface area contributed by atoms with Crippen LogP contribution in [-0.2, 0) is 14.4 Å². The molecule has 2 unspecified atom stereocenters. The maximum atomic E-state index is 13.1. The molecule has 1 saturated heterocycles. The molecule has 152 valence electrons. The lowest BCUT2D eigenvalue weighted by atomic mass is 9.78. The molecule has 4 rings (SSSR count). The highest BCUT2D eigenvalue weighted by Gasteiger charge is 2.54. The van der Waals surface area contributed by atoms with Gasteiger partial charge in [-0.3, -0.25) is 24.3 Å². The van der Waals surface area contributed by atoms with Gasteiger partial charge in [-0.2, -0.15) is 0 Å². The number of aromatic nitrogens is 2. The first-order valence-electron chi connectivity index (χ1n) is 9.62. The normalized spacial score (nSPS) is 19.4. The quantitative estimate of drug-likeness (QED) is 0.488. The van der Waals surface area contributed by atoms with Crippen LogP contribution in [0.2, 0.25) is 0 Å². The Morgan fingerprint density at radius 3 is 2.33 bits per heavy atom. The number of Topliss-reactive ketones (excluding diaryl/α,β-unsaturated/α-hetero) is 2. The number of hydrogen-bond acceptors (Lipinski definition) is 6. The molecule has 3 heterocycles. The summed E-state index contributed by atoms with van der Waals surface area (Å²) in [4.78, 5) is 44.9. The van der Waals surface area contributed by atoms with E-state index in [1.165, 1.54) is 11.2 Å². The second-order valence-electron chi connectivity index (χ2n) is 8.26. The summed E-state index contributed by atoms with van der Waals surface area (Å²) < 4.78 is 4.87. The fourth-order valence-electron chi connectivity index (χ4n) is 3.69. The number of ketones is 2. The number of rotatable bonds is 4. The number of pyridine rings is 1. The molecular formula is C23H21N3O4. The molecule has 2 aromatic heterocycles. The van der Waals surface area contributed by atoms with Crippen molar-refractivity contribution in [3.05, 3.63) is 66.7 Å². The maximum absolute atomic E-state index is 13.1. The Bertz CT molecular complexity index is 1080. The van der Waals surface area contributed by atoms with Crippen molar-refractivity contribution in [2.24, 2.45) is 11.3 Å². The van der Waals surface area contributed by atoms with E-state index in [0.29, 0.717) is 17.1 Å². The molecule has 0 N–H and O–H groups in total. The predicted molar refractivity (Wildman–Crippen MR) is 109 cm³/mol. The Balaban J connectivity index is 1.80. The van der Waals surface area contributed by atoms with Gasteiger partial charge in [-0.25, -0.2) is 0 Å². The lowest BCUT2D eigenvalue weighted by molar-refractivity contribution is -0.141. The second kappa shape index (κ2) is 7.33. The molecule has 2 atom stereocenters. The van der Waals surface area contributed by atoms with E-state index in [1.54, 1.807) is 75.5 Å². The third-order valence-corrected chi connectivity index (χ3v) is 5.20. The Hall–Kier alpha value is -3.61. The largest absolute Gasteiger partial charge is 0.364 e. The van der Waals surface area contributed by atoms with E-state index in [2.05, 4.69) is 10.1 Å². The van der Waals surface area contributed by atoms with Crippen molar-refractivity contribution in [2.75, 3.05) is 4.90 Å². The summed E-state index contributed by atoms with van der Waals surface area (Å²) in [7, 11) is 0. The smallest absolute Gasteiger partial charge is 0.295 e. The molecule has 1 aliphatic rings. The average Bonchev–Trinajstić information content (AvgIpc) is 3.35. The molecule has 0 spiro atoms. The van der Waals surface area contributed by atoms with E-state index < -0.39 is 29.1 Å². The number of amides is 1. The predicted octanol–water partition coefficient (Wildman–Crippen LogP) is 3.63. The van der Waals surface area contributed by atoms with E-state index in [0.717, 1.165) is 5.56 Å². The summed E-state index contributed by atoms with van der Waals surface area (Å²) in [5.74, 6) is -2.80. The lowest BCUT2D eigenvalue weighted by Crippen LogP contribution is -2.36. The first kappa shape index (κ1) is 19.7. The number of carbonyl (C=O) groups is 3. The summed E-state index contributed by atoms with van der Waals surface area (Å²) in [5, 5.41) is 3.90. The Kier molecular flexibility index (Phi) is 4.81. The van der Waals surface area contributed by atoms with Crippen LogP contribution in [0.15, 0.2) is 65.5 Å². The molecule has 0 radical (unpaired) electrons. The van der Waals surface area contributed by atoms with Crippen LogP contribution in [0.3, 0.4) is 0 Å². The summed E-state index contributed by atoms with van der Waals surface area (Å²) in [6.07, 6.45) is 3.07. The third-order valence-electron chi connectivity index (χ3n) is 5.20. The Morgan fingerprint density at radius 2 is 1.77 bits per heavy atom. The van der Waals surface area contributed by atoms with Gasteiger partial charge in [0.15, 0.2) is 5.78 Å². The van der Waals surface area contributed by atoms with Crippen LogP contribution >= 0.6 is 0 Å². The van der Waals surface area contributed by atoms with Gasteiger partial charge in [0.2, 0.25) is 5.78 Å². The highest BCUT2D eigenvalue weighted by molar-refractivity contribution is 6.48. The van der Waals surface area contributed by atoms with E-state index in [-0.39, 0.29) is 5.78 Å². The topological polar surface area (TPSA) is 93.4 Å². The van der Waals surface area contributed by atoms with Crippen LogP contribution in [0.1, 0.15) is 32.5 Å². The zero-order chi connectivity index (χ0) is 21.5. The monoisotopic (exact) mass is 403 g/mol. The van der Waals surface area contributed by atoms with Crippen molar-refractivity contribution < 1.29 is 18.9 Å². The maximum Gasteiger partial charge on any atom is 0.295 e. The summed E-state index contributed by atoms with van der Waals surface area (Å²) in [5.41, 5.74) is 1.70. The number of hydrogen-bond donors (Lipinski definition) is 0. The molecule has 1 amide bonds. The van der Waals surface area contributed by atoms with Gasteiger partial charge in [-0.05, 0) is 24.3 Å². The molecule has 0 saturated carbocycles. The SMILES string of the molecule is CC(C)(C)C(=O)C1C(=O)C(=O)N(c2ccc(-c3ccon3)cc2)C1c1ccccn1. The van der Waals surface area contributed by atoms with Gasteiger partial charge < -0.3 is 4.52 Å². The van der Waals surface area contributed by atoms with Gasteiger partial charge >= 0.3 is 0 Å². The molecule has 30 heavy (non-hydrogen) atoms. The fourth-order valence-corrected chi connectivity index (χ4v) is 3.69. The van der Waals surface area contributed by atoms with Crippen molar-refractivity contribution in [3.8, 4) is 11.3 Å². The highest BCUT2D eigenvalue weighted by atomic mass is 16.5. The van der Waals surface area contributed by atoms with Crippen LogP contribution in [0.5, 0.6) is 0 Å². The summed E-state index contributed by atoms with van der Waals surface area (Å²) in [6, 6.07) is 13.2. The lowest BCUT2D eigenvalue weighted by Gasteiger charge is -2.29. The summed E-state index contributed by atoms with van der Waals surface area (Å²) >= 11 is 0. The minimum absolute atomic E-state index is 0.279. The van der Waals surface area contributed by atoms with Gasteiger partial charge in [0.05, 0.1) is 11.7 Å². The average molecular weight is 403 g/mol. The van der Waals surface area contributed by atoms with Crippen LogP contribution < -0.4 is 4.90 Å². The van der Waals surface area contributed by atoms with Gasteiger partial charge in [0.25, 0.3) is 5.91 Å². The van der Waals surface area contributed by atoms with E-state index in [1.807, 2.05) is 0 Å². The molecule has 1 aliphatic heterocycles. The Morgan fingerprint density at radius 1 is 1.03 bits per heavy atom. The van der Waals surface area contributed by atoms with E-state index in [4.69, 9.17) is 4.52 Å². The minimum atomic E-state index is -1.11. The zero-order valence-corrected chi connectivity index (χ0v) is 16.9. The molecule has 0 aliphatic carbocycles. The van der Waals surface area contributed by atoms with Crippen LogP contribution in [-0.4, -0.2) is 27.6 Å². The highest BCUT2D eigenvalue weighted by Crippen LogP contribution is 2.42. The number of anilines is 1. The van der Waals surface area contributed by atoms with Gasteiger partial charge in [-0.1, -0.05) is 44.1 Å². The van der Waals surface area contributed by atoms with Crippen molar-refractivity contribution in [3.63, 3.8) is 0 Å². The molecule has 7 heteroatoms. The first-order valence-corrected chi connectivity index (χ1v) is 9.62. The summed E-state index contributed by atoms with van der Waals surface area (Å²) in [6.45, 7) is 5.24. The van der Waals surface area contributed by atoms with E-state index in [9.17, 15) is 14.4 Å². The number of benzene rings is 1. The molecule has 3 aromatic rings. The van der Waals surface area contributed by atoms with Gasteiger partial charge in [0, 0.05) is 28.9 Å². The van der Waals surface area contributed by atoms with Gasteiger partial charge in [-0.15, -0.1) is 0 Å². The van der Waals surface area contributed by atoms with Crippen molar-refractivity contribution in [1.29, 1.82) is 0 Å². The van der Waals surface area contributed by atoms with E-state index >= 15 is 0 Å². The molecule has 1 aromatic carbocycles. The molecular weight excluding hydrogens is 382 g/mol. The standard InChI is InChI=1S/C23H21N3O4/c1-23(2,3)21(28)18-19(17-6-4-5-12-24-17)26(22(29)20(18)27)15-9-7-14(8-10-15)16-11-13-30-25-16/h4-13,18-19H,1-3H3. The van der Waals surface area contributed by atoms with Gasteiger partial charge in [0.1, 0.15) is 17.9 Å². The molecule has 1 fully saturated rings. The zero-order valence-electron chi connectivity index (χ0n) is 16.9. The van der Waals surface area contributed by atoms with Crippen LogP contribution in [0.25, 0.3) is 11.3 Å². The first-order chi connectivity index (χ1) is 14.3. The molecule has 7 nitrogen and oxygen atoms in total. The van der Waals surface area contributed by atoms with Crippen LogP contribution in [0, 0.1) is 11.3 Å². The Labute approximate surface area is 173 Å². The van der Waals surface area contributed by atoms with Crippen LogP contribution in [0.4, 0.5) is 5.69 Å². The number of carbonyl (C=O) groups excluding carboxylic acids is 3. The number of nitrogens with zero attached hydrogens (tertiary/aromatic N) is 3. The van der Waals surface area contributed by atoms with Crippen molar-refractivity contribution in [1.82, 2.24) is 10.1 Å². The molecule has 0 bridgehead atoms. The minimum Gasteiger partial charge on any atom is -0.364 e. The van der Waals surface area contributed by atoms with Crippen molar-refractivity contribution >= 4 is 23.2 Å². The third kappa shape index (κ3) is 3.32. The fraction of sp³-hybridized carbons (Fsp3) is 0.261.